The van der Waals surface area contributed by atoms with Crippen molar-refractivity contribution < 1.29 is 0 Å². The number of nitrogens with one attached hydrogen (secondary N) is 1. The Hall–Kier alpha value is -2.02. The third kappa shape index (κ3) is 3.18. The van der Waals surface area contributed by atoms with E-state index in [0.29, 0.717) is 0 Å². The van der Waals surface area contributed by atoms with Crippen LogP contribution in [-0.2, 0) is 0 Å². The van der Waals surface area contributed by atoms with Gasteiger partial charge in [0.25, 0.3) is 0 Å². The number of benzene rings is 2. The lowest BCUT2D eigenvalue weighted by molar-refractivity contribution is 0.590. The summed E-state index contributed by atoms with van der Waals surface area (Å²) in [4.78, 5) is 0. The average molecular weight is 277 g/mol. The molecule has 1 heterocycles. The van der Waals surface area contributed by atoms with Crippen molar-refractivity contribution in [1.29, 1.82) is 0 Å². The van der Waals surface area contributed by atoms with E-state index in [9.17, 15) is 0 Å². The van der Waals surface area contributed by atoms with Gasteiger partial charge in [0.05, 0.1) is 0 Å². The molecule has 0 aromatic heterocycles. The van der Waals surface area contributed by atoms with Crippen molar-refractivity contribution in [1.82, 2.24) is 5.32 Å². The van der Waals surface area contributed by atoms with Gasteiger partial charge in [0.15, 0.2) is 0 Å². The van der Waals surface area contributed by atoms with Crippen LogP contribution in [0.3, 0.4) is 0 Å². The molecule has 0 saturated carbocycles. The lowest BCUT2D eigenvalue weighted by Crippen LogP contribution is -2.21. The highest BCUT2D eigenvalue weighted by atomic mass is 14.9. The van der Waals surface area contributed by atoms with E-state index < -0.39 is 0 Å². The Labute approximate surface area is 127 Å². The van der Waals surface area contributed by atoms with E-state index in [4.69, 9.17) is 0 Å². The maximum Gasteiger partial charge on any atom is 0.0192 e. The molecule has 2 aromatic rings. The van der Waals surface area contributed by atoms with Crippen LogP contribution in [-0.4, -0.2) is 6.54 Å². The predicted octanol–water partition coefficient (Wildman–Crippen LogP) is 4.84. The fourth-order valence-corrected chi connectivity index (χ4v) is 2.92. The topological polar surface area (TPSA) is 12.0 Å². The highest BCUT2D eigenvalue weighted by molar-refractivity contribution is 5.82. The van der Waals surface area contributed by atoms with E-state index in [-0.39, 0.29) is 0 Å². The number of aryl methyl sites for hydroxylation is 2. The molecule has 0 atom stereocenters. The lowest BCUT2D eigenvalue weighted by Gasteiger charge is -2.22. The Balaban J connectivity index is 2.10. The molecule has 0 aliphatic carbocycles. The zero-order chi connectivity index (χ0) is 14.7. The third-order valence-electron chi connectivity index (χ3n) is 4.17. The van der Waals surface area contributed by atoms with Crippen LogP contribution in [0.25, 0.3) is 5.57 Å². The summed E-state index contributed by atoms with van der Waals surface area (Å²) in [6.07, 6.45) is 3.71. The normalized spacial score (nSPS) is 14.7. The fourth-order valence-electron chi connectivity index (χ4n) is 2.92. The van der Waals surface area contributed by atoms with Crippen LogP contribution < -0.4 is 5.32 Å². The number of rotatable bonds is 2. The maximum absolute atomic E-state index is 3.63. The van der Waals surface area contributed by atoms with Crippen molar-refractivity contribution in [3.05, 3.63) is 76.5 Å². The molecular formula is C20H23N. The molecule has 0 unspecified atom stereocenters. The van der Waals surface area contributed by atoms with Crippen LogP contribution in [0.4, 0.5) is 0 Å². The first-order chi connectivity index (χ1) is 10.2. The maximum atomic E-state index is 3.63. The molecule has 1 saturated heterocycles. The van der Waals surface area contributed by atoms with E-state index in [1.165, 1.54) is 46.4 Å². The van der Waals surface area contributed by atoms with E-state index >= 15 is 0 Å². The van der Waals surface area contributed by atoms with Crippen LogP contribution in [0.15, 0.2) is 54.2 Å². The summed E-state index contributed by atoms with van der Waals surface area (Å²) in [5.74, 6) is 0. The highest BCUT2D eigenvalue weighted by Gasteiger charge is 2.14. The molecule has 0 spiro atoms. The Bertz CT molecular complexity index is 577. The monoisotopic (exact) mass is 277 g/mol. The standard InChI is InChI=1S/C20H23N/c1-15-6-10-17(11-7-15)20(19-5-3-4-14-21-19)18-12-8-16(2)9-13-18/h6-13,21H,3-5,14H2,1-2H3. The fraction of sp³-hybridized carbons (Fsp3) is 0.300. The first-order valence-electron chi connectivity index (χ1n) is 7.85. The van der Waals surface area contributed by atoms with Crippen molar-refractivity contribution in [2.75, 3.05) is 6.54 Å². The molecule has 1 N–H and O–H groups in total. The van der Waals surface area contributed by atoms with Crippen LogP contribution in [0.5, 0.6) is 0 Å². The summed E-state index contributed by atoms with van der Waals surface area (Å²) in [6.45, 7) is 5.37. The van der Waals surface area contributed by atoms with Crippen molar-refractivity contribution in [2.45, 2.75) is 33.1 Å². The SMILES string of the molecule is Cc1ccc(C(=C2CCCCN2)c2ccc(C)cc2)cc1. The van der Waals surface area contributed by atoms with E-state index in [1.807, 2.05) is 0 Å². The third-order valence-corrected chi connectivity index (χ3v) is 4.17. The average Bonchev–Trinajstić information content (AvgIpc) is 2.52. The van der Waals surface area contributed by atoms with Gasteiger partial charge in [-0.05, 0) is 44.2 Å². The molecule has 1 heteroatoms. The molecule has 1 nitrogen and oxygen atoms in total. The highest BCUT2D eigenvalue weighted by Crippen LogP contribution is 2.30. The van der Waals surface area contributed by atoms with Crippen LogP contribution in [0, 0.1) is 13.8 Å². The predicted molar refractivity (Wildman–Crippen MR) is 90.2 cm³/mol. The second-order valence-electron chi connectivity index (χ2n) is 5.97. The minimum Gasteiger partial charge on any atom is -0.388 e. The van der Waals surface area contributed by atoms with Crippen molar-refractivity contribution in [2.24, 2.45) is 0 Å². The summed E-state index contributed by atoms with van der Waals surface area (Å²) in [5.41, 5.74) is 8.01. The summed E-state index contributed by atoms with van der Waals surface area (Å²) >= 11 is 0. The molecule has 21 heavy (non-hydrogen) atoms. The molecule has 1 aliphatic heterocycles. The Morgan fingerprint density at radius 1 is 0.762 bits per heavy atom. The number of allylic oxidation sites excluding steroid dienone is 1. The van der Waals surface area contributed by atoms with Crippen molar-refractivity contribution >= 4 is 5.57 Å². The molecule has 0 radical (unpaired) electrons. The minimum absolute atomic E-state index is 1.09. The first kappa shape index (κ1) is 13.9. The number of hydrogen-bond donors (Lipinski definition) is 1. The van der Waals surface area contributed by atoms with Gasteiger partial charge in [-0.3, -0.25) is 0 Å². The van der Waals surface area contributed by atoms with Crippen LogP contribution in [0.1, 0.15) is 41.5 Å². The largest absolute Gasteiger partial charge is 0.388 e. The second-order valence-corrected chi connectivity index (χ2v) is 5.97. The molecule has 0 amide bonds. The van der Waals surface area contributed by atoms with E-state index in [1.54, 1.807) is 0 Å². The Kier molecular flexibility index (Phi) is 4.10. The minimum atomic E-state index is 1.09. The van der Waals surface area contributed by atoms with Gasteiger partial charge >= 0.3 is 0 Å². The van der Waals surface area contributed by atoms with Gasteiger partial charge in [0, 0.05) is 17.8 Å². The van der Waals surface area contributed by atoms with Gasteiger partial charge in [-0.1, -0.05) is 59.7 Å². The first-order valence-corrected chi connectivity index (χ1v) is 7.85. The second kappa shape index (κ2) is 6.17. The van der Waals surface area contributed by atoms with Gasteiger partial charge in [-0.2, -0.15) is 0 Å². The Morgan fingerprint density at radius 3 is 1.71 bits per heavy atom. The van der Waals surface area contributed by atoms with Gasteiger partial charge in [-0.25, -0.2) is 0 Å². The Morgan fingerprint density at radius 2 is 1.29 bits per heavy atom. The van der Waals surface area contributed by atoms with Crippen LogP contribution in [0.2, 0.25) is 0 Å². The molecule has 3 rings (SSSR count). The van der Waals surface area contributed by atoms with Gasteiger partial charge in [0.1, 0.15) is 0 Å². The summed E-state index contributed by atoms with van der Waals surface area (Å²) in [7, 11) is 0. The van der Waals surface area contributed by atoms with Gasteiger partial charge in [-0.15, -0.1) is 0 Å². The number of piperidine rings is 1. The molecule has 0 bridgehead atoms. The number of hydrogen-bond acceptors (Lipinski definition) is 1. The van der Waals surface area contributed by atoms with E-state index in [2.05, 4.69) is 67.7 Å². The summed E-state index contributed by atoms with van der Waals surface area (Å²) < 4.78 is 0. The van der Waals surface area contributed by atoms with Crippen LogP contribution >= 0.6 is 0 Å². The molecule has 108 valence electrons. The van der Waals surface area contributed by atoms with E-state index in [0.717, 1.165) is 13.0 Å². The van der Waals surface area contributed by atoms with Crippen molar-refractivity contribution in [3.8, 4) is 0 Å². The molecule has 2 aromatic carbocycles. The lowest BCUT2D eigenvalue weighted by atomic mass is 9.92. The van der Waals surface area contributed by atoms with Gasteiger partial charge in [0.2, 0.25) is 0 Å². The zero-order valence-corrected chi connectivity index (χ0v) is 12.9. The van der Waals surface area contributed by atoms with Crippen molar-refractivity contribution in [3.63, 3.8) is 0 Å². The van der Waals surface area contributed by atoms with Gasteiger partial charge < -0.3 is 5.32 Å². The molecule has 1 aliphatic rings. The smallest absolute Gasteiger partial charge is 0.0192 e. The summed E-state index contributed by atoms with van der Waals surface area (Å²) in [6, 6.07) is 17.8. The quantitative estimate of drug-likeness (QED) is 0.828. The molecular weight excluding hydrogens is 254 g/mol. The zero-order valence-electron chi connectivity index (χ0n) is 12.9. The summed E-state index contributed by atoms with van der Waals surface area (Å²) in [5, 5.41) is 3.63. The molecule has 1 fully saturated rings.